The Balaban J connectivity index is 2.79. The monoisotopic (exact) mass is 249 g/mol. The van der Waals surface area contributed by atoms with Crippen LogP contribution in [0.1, 0.15) is 58.3 Å². The summed E-state index contributed by atoms with van der Waals surface area (Å²) in [5.74, 6) is 0.503. The van der Waals surface area contributed by atoms with E-state index in [2.05, 4.69) is 46.8 Å². The lowest BCUT2D eigenvalue weighted by Gasteiger charge is -2.23. The normalized spacial score (nSPS) is 15.8. The van der Waals surface area contributed by atoms with Gasteiger partial charge in [0.25, 0.3) is 0 Å². The van der Waals surface area contributed by atoms with Crippen LogP contribution in [0, 0.1) is 5.92 Å². The van der Waals surface area contributed by atoms with Crippen LogP contribution in [0.25, 0.3) is 0 Å². The minimum Gasteiger partial charge on any atom is -0.387 e. The van der Waals surface area contributed by atoms with Crippen LogP contribution in [-0.2, 0) is 5.41 Å². The summed E-state index contributed by atoms with van der Waals surface area (Å²) in [4.78, 5) is 0. The third-order valence-corrected chi connectivity index (χ3v) is 3.27. The van der Waals surface area contributed by atoms with Gasteiger partial charge in [-0.25, -0.2) is 0 Å². The fraction of sp³-hybridized carbons (Fsp3) is 0.625. The topological polar surface area (TPSA) is 46.2 Å². The van der Waals surface area contributed by atoms with Crippen LogP contribution in [-0.4, -0.2) is 11.1 Å². The number of aliphatic hydroxyl groups is 1. The fourth-order valence-electron chi connectivity index (χ4n) is 2.10. The highest BCUT2D eigenvalue weighted by molar-refractivity contribution is 5.29. The standard InChI is InChI=1S/C16H27NO/c1-11(2)10-14(17)15(18)12-6-8-13(9-7-12)16(3,4)5/h6-9,11,14-15,18H,10,17H2,1-5H3. The smallest absolute Gasteiger partial charge is 0.0940 e. The van der Waals surface area contributed by atoms with Crippen LogP contribution in [0.2, 0.25) is 0 Å². The predicted octanol–water partition coefficient (Wildman–Crippen LogP) is 3.39. The van der Waals surface area contributed by atoms with Gasteiger partial charge in [0.2, 0.25) is 0 Å². The van der Waals surface area contributed by atoms with Crippen molar-refractivity contribution in [1.82, 2.24) is 0 Å². The average Bonchev–Trinajstić information content (AvgIpc) is 2.26. The van der Waals surface area contributed by atoms with Crippen LogP contribution in [0.15, 0.2) is 24.3 Å². The van der Waals surface area contributed by atoms with E-state index in [0.29, 0.717) is 5.92 Å². The Labute approximate surface area is 111 Å². The Bertz CT molecular complexity index is 362. The molecule has 2 heteroatoms. The van der Waals surface area contributed by atoms with Gasteiger partial charge in [0.05, 0.1) is 6.10 Å². The third-order valence-electron chi connectivity index (χ3n) is 3.27. The van der Waals surface area contributed by atoms with Crippen molar-refractivity contribution in [1.29, 1.82) is 0 Å². The first-order valence-corrected chi connectivity index (χ1v) is 6.76. The summed E-state index contributed by atoms with van der Waals surface area (Å²) < 4.78 is 0. The predicted molar refractivity (Wildman–Crippen MR) is 77.5 cm³/mol. The number of aliphatic hydroxyl groups excluding tert-OH is 1. The maximum atomic E-state index is 10.2. The zero-order valence-corrected chi connectivity index (χ0v) is 12.3. The first-order valence-electron chi connectivity index (χ1n) is 6.76. The maximum Gasteiger partial charge on any atom is 0.0940 e. The Morgan fingerprint density at radius 2 is 1.61 bits per heavy atom. The van der Waals surface area contributed by atoms with Crippen LogP contribution >= 0.6 is 0 Å². The summed E-state index contributed by atoms with van der Waals surface area (Å²) in [5.41, 5.74) is 8.35. The quantitative estimate of drug-likeness (QED) is 0.859. The largest absolute Gasteiger partial charge is 0.387 e. The fourth-order valence-corrected chi connectivity index (χ4v) is 2.10. The Kier molecular flexibility index (Phi) is 4.94. The van der Waals surface area contributed by atoms with Crippen LogP contribution in [0.4, 0.5) is 0 Å². The molecule has 0 fully saturated rings. The molecule has 2 nitrogen and oxygen atoms in total. The van der Waals surface area contributed by atoms with Crippen molar-refractivity contribution in [2.75, 3.05) is 0 Å². The summed E-state index contributed by atoms with van der Waals surface area (Å²) in [6.45, 7) is 10.8. The molecule has 0 radical (unpaired) electrons. The van der Waals surface area contributed by atoms with Gasteiger partial charge in [0, 0.05) is 6.04 Å². The van der Waals surface area contributed by atoms with E-state index in [1.807, 2.05) is 12.1 Å². The molecule has 0 heterocycles. The first-order chi connectivity index (χ1) is 8.21. The van der Waals surface area contributed by atoms with Gasteiger partial charge in [-0.05, 0) is 28.9 Å². The van der Waals surface area contributed by atoms with Gasteiger partial charge in [-0.2, -0.15) is 0 Å². The minimum atomic E-state index is -0.568. The van der Waals surface area contributed by atoms with Crippen LogP contribution in [0.3, 0.4) is 0 Å². The van der Waals surface area contributed by atoms with Crippen molar-refractivity contribution in [3.63, 3.8) is 0 Å². The van der Waals surface area contributed by atoms with Gasteiger partial charge >= 0.3 is 0 Å². The lowest BCUT2D eigenvalue weighted by atomic mass is 9.85. The van der Waals surface area contributed by atoms with E-state index in [9.17, 15) is 5.11 Å². The highest BCUT2D eigenvalue weighted by Crippen LogP contribution is 2.25. The highest BCUT2D eigenvalue weighted by atomic mass is 16.3. The summed E-state index contributed by atoms with van der Waals surface area (Å²) in [6.07, 6.45) is 0.267. The van der Waals surface area contributed by atoms with E-state index in [1.54, 1.807) is 0 Å². The van der Waals surface area contributed by atoms with E-state index in [4.69, 9.17) is 5.73 Å². The van der Waals surface area contributed by atoms with Crippen molar-refractivity contribution in [3.8, 4) is 0 Å². The van der Waals surface area contributed by atoms with E-state index >= 15 is 0 Å². The SMILES string of the molecule is CC(C)CC(N)C(O)c1ccc(C(C)(C)C)cc1. The van der Waals surface area contributed by atoms with Crippen molar-refractivity contribution < 1.29 is 5.11 Å². The number of nitrogens with two attached hydrogens (primary N) is 1. The minimum absolute atomic E-state index is 0.142. The molecule has 0 bridgehead atoms. The maximum absolute atomic E-state index is 10.2. The highest BCUT2D eigenvalue weighted by Gasteiger charge is 2.19. The van der Waals surface area contributed by atoms with Gasteiger partial charge in [-0.15, -0.1) is 0 Å². The van der Waals surface area contributed by atoms with Gasteiger partial charge in [0.15, 0.2) is 0 Å². The van der Waals surface area contributed by atoms with E-state index in [0.717, 1.165) is 12.0 Å². The number of benzene rings is 1. The second kappa shape index (κ2) is 5.85. The van der Waals surface area contributed by atoms with E-state index in [-0.39, 0.29) is 11.5 Å². The molecule has 2 unspecified atom stereocenters. The molecule has 1 aromatic rings. The van der Waals surface area contributed by atoms with Crippen molar-refractivity contribution in [3.05, 3.63) is 35.4 Å². The number of hydrogen-bond acceptors (Lipinski definition) is 2. The average molecular weight is 249 g/mol. The Morgan fingerprint density at radius 3 is 2.00 bits per heavy atom. The molecular weight excluding hydrogens is 222 g/mol. The molecule has 0 spiro atoms. The summed E-state index contributed by atoms with van der Waals surface area (Å²) in [7, 11) is 0. The first kappa shape index (κ1) is 15.2. The molecule has 0 saturated heterocycles. The Hall–Kier alpha value is -0.860. The van der Waals surface area contributed by atoms with Gasteiger partial charge in [-0.1, -0.05) is 58.9 Å². The molecule has 3 N–H and O–H groups in total. The second-order valence-corrected chi connectivity index (χ2v) is 6.61. The summed E-state index contributed by atoms with van der Waals surface area (Å²) in [6, 6.07) is 7.96. The lowest BCUT2D eigenvalue weighted by Crippen LogP contribution is -2.29. The zero-order chi connectivity index (χ0) is 13.9. The molecule has 0 amide bonds. The lowest BCUT2D eigenvalue weighted by molar-refractivity contribution is 0.136. The molecular formula is C16H27NO. The molecule has 0 aliphatic heterocycles. The van der Waals surface area contributed by atoms with Gasteiger partial charge in [-0.3, -0.25) is 0 Å². The molecule has 102 valence electrons. The molecule has 0 saturated carbocycles. The van der Waals surface area contributed by atoms with Gasteiger partial charge < -0.3 is 10.8 Å². The molecule has 1 rings (SSSR count). The van der Waals surface area contributed by atoms with Crippen molar-refractivity contribution >= 4 is 0 Å². The molecule has 0 aromatic heterocycles. The molecule has 2 atom stereocenters. The van der Waals surface area contributed by atoms with E-state index < -0.39 is 6.10 Å². The molecule has 0 aliphatic rings. The number of hydrogen-bond donors (Lipinski definition) is 2. The molecule has 1 aromatic carbocycles. The molecule has 0 aliphatic carbocycles. The van der Waals surface area contributed by atoms with Gasteiger partial charge in [0.1, 0.15) is 0 Å². The summed E-state index contributed by atoms with van der Waals surface area (Å²) >= 11 is 0. The number of rotatable bonds is 4. The summed E-state index contributed by atoms with van der Waals surface area (Å²) in [5, 5.41) is 10.2. The molecule has 18 heavy (non-hydrogen) atoms. The van der Waals surface area contributed by atoms with Crippen molar-refractivity contribution in [2.45, 2.75) is 58.6 Å². The third kappa shape index (κ3) is 4.11. The van der Waals surface area contributed by atoms with Crippen molar-refractivity contribution in [2.24, 2.45) is 11.7 Å². The second-order valence-electron chi connectivity index (χ2n) is 6.61. The zero-order valence-electron chi connectivity index (χ0n) is 12.3. The van der Waals surface area contributed by atoms with Crippen LogP contribution < -0.4 is 5.73 Å². The van der Waals surface area contributed by atoms with Crippen LogP contribution in [0.5, 0.6) is 0 Å². The Morgan fingerprint density at radius 1 is 1.11 bits per heavy atom. The van der Waals surface area contributed by atoms with E-state index in [1.165, 1.54) is 5.56 Å².